The number of alkyl carbamates (subject to hydrolysis) is 1. The van der Waals surface area contributed by atoms with E-state index in [0.29, 0.717) is 24.6 Å². The summed E-state index contributed by atoms with van der Waals surface area (Å²) in [5, 5.41) is 3.68. The van der Waals surface area contributed by atoms with Crippen molar-refractivity contribution in [3.8, 4) is 5.75 Å². The molecule has 0 fully saturated rings. The van der Waals surface area contributed by atoms with Crippen LogP contribution in [0.2, 0.25) is 0 Å². The van der Waals surface area contributed by atoms with Crippen molar-refractivity contribution < 1.29 is 23.8 Å². The number of hydrogen-bond acceptors (Lipinski definition) is 5. The Bertz CT molecular complexity index is 1100. The van der Waals surface area contributed by atoms with Crippen LogP contribution in [0, 0.1) is 0 Å². The Morgan fingerprint density at radius 1 is 1.06 bits per heavy atom. The molecule has 3 aromatic rings. The van der Waals surface area contributed by atoms with E-state index in [1.165, 1.54) is 0 Å². The summed E-state index contributed by atoms with van der Waals surface area (Å²) in [4.78, 5) is 24.8. The Labute approximate surface area is 194 Å². The van der Waals surface area contributed by atoms with Crippen LogP contribution in [0.5, 0.6) is 5.75 Å². The number of fused-ring (bicyclic) bond motifs is 1. The third kappa shape index (κ3) is 6.75. The molecule has 7 nitrogen and oxygen atoms in total. The third-order valence-electron chi connectivity index (χ3n) is 4.83. The summed E-state index contributed by atoms with van der Waals surface area (Å²) in [5.41, 5.74) is 1.76. The molecule has 0 aliphatic heterocycles. The van der Waals surface area contributed by atoms with Gasteiger partial charge in [-0.15, -0.1) is 0 Å². The molecule has 7 heteroatoms. The SMILES string of the molecule is CCOC(=O)c1cc2cc(OCc3ccccc3)ccc2n1CC(C)NC(=O)OC(C)(C)C. The lowest BCUT2D eigenvalue weighted by molar-refractivity contribution is 0.0504. The lowest BCUT2D eigenvalue weighted by Crippen LogP contribution is -2.40. The van der Waals surface area contributed by atoms with E-state index >= 15 is 0 Å². The van der Waals surface area contributed by atoms with Gasteiger partial charge in [-0.05, 0) is 64.4 Å². The summed E-state index contributed by atoms with van der Waals surface area (Å²) in [6.45, 7) is 10.2. The predicted molar refractivity (Wildman–Crippen MR) is 128 cm³/mol. The van der Waals surface area contributed by atoms with E-state index in [-0.39, 0.29) is 12.6 Å². The monoisotopic (exact) mass is 452 g/mol. The van der Waals surface area contributed by atoms with Gasteiger partial charge in [-0.3, -0.25) is 0 Å². The maximum atomic E-state index is 12.6. The fourth-order valence-electron chi connectivity index (χ4n) is 3.48. The van der Waals surface area contributed by atoms with Gasteiger partial charge in [0.1, 0.15) is 23.7 Å². The minimum absolute atomic E-state index is 0.275. The lowest BCUT2D eigenvalue weighted by atomic mass is 10.2. The summed E-state index contributed by atoms with van der Waals surface area (Å²) < 4.78 is 18.4. The standard InChI is InChI=1S/C26H32N2O5/c1-6-31-24(29)23-15-20-14-21(32-17-19-10-8-7-9-11-19)12-13-22(20)28(23)16-18(2)27-25(30)33-26(3,4)5/h7-15,18H,6,16-17H2,1-5H3,(H,27,30). The molecule has 1 N–H and O–H groups in total. The van der Waals surface area contributed by atoms with Crippen LogP contribution in [0.25, 0.3) is 10.9 Å². The zero-order valence-electron chi connectivity index (χ0n) is 19.9. The largest absolute Gasteiger partial charge is 0.489 e. The van der Waals surface area contributed by atoms with E-state index in [2.05, 4.69) is 5.32 Å². The molecule has 1 amide bonds. The molecule has 0 spiro atoms. The Balaban J connectivity index is 1.82. The first kappa shape index (κ1) is 24.2. The van der Waals surface area contributed by atoms with Gasteiger partial charge in [0.2, 0.25) is 0 Å². The molecule has 0 aliphatic rings. The maximum Gasteiger partial charge on any atom is 0.407 e. The highest BCUT2D eigenvalue weighted by atomic mass is 16.6. The molecule has 0 bridgehead atoms. The minimum atomic E-state index is -0.587. The van der Waals surface area contributed by atoms with E-state index in [9.17, 15) is 9.59 Å². The average molecular weight is 453 g/mol. The molecule has 1 heterocycles. The van der Waals surface area contributed by atoms with Crippen LogP contribution < -0.4 is 10.1 Å². The van der Waals surface area contributed by atoms with Crippen LogP contribution in [0.15, 0.2) is 54.6 Å². The first-order valence-electron chi connectivity index (χ1n) is 11.1. The number of hydrogen-bond donors (Lipinski definition) is 1. The number of esters is 1. The molecule has 0 saturated carbocycles. The van der Waals surface area contributed by atoms with Crippen LogP contribution in [-0.2, 0) is 22.6 Å². The number of nitrogens with one attached hydrogen (secondary N) is 1. The molecule has 33 heavy (non-hydrogen) atoms. The Morgan fingerprint density at radius 2 is 1.79 bits per heavy atom. The number of ether oxygens (including phenoxy) is 3. The van der Waals surface area contributed by atoms with Crippen molar-refractivity contribution in [1.82, 2.24) is 9.88 Å². The fraction of sp³-hybridized carbons (Fsp3) is 0.385. The van der Waals surface area contributed by atoms with Crippen LogP contribution in [0.4, 0.5) is 4.79 Å². The van der Waals surface area contributed by atoms with Gasteiger partial charge in [0, 0.05) is 23.5 Å². The molecule has 0 saturated heterocycles. The second kappa shape index (κ2) is 10.4. The molecule has 1 aromatic heterocycles. The van der Waals surface area contributed by atoms with Crippen molar-refractivity contribution in [3.63, 3.8) is 0 Å². The second-order valence-corrected chi connectivity index (χ2v) is 8.90. The molecule has 1 atom stereocenters. The van der Waals surface area contributed by atoms with Crippen molar-refractivity contribution in [2.24, 2.45) is 0 Å². The molecular formula is C26H32N2O5. The van der Waals surface area contributed by atoms with E-state index in [4.69, 9.17) is 14.2 Å². The lowest BCUT2D eigenvalue weighted by Gasteiger charge is -2.22. The van der Waals surface area contributed by atoms with Gasteiger partial charge in [0.15, 0.2) is 0 Å². The minimum Gasteiger partial charge on any atom is -0.489 e. The summed E-state index contributed by atoms with van der Waals surface area (Å²) in [7, 11) is 0. The third-order valence-corrected chi connectivity index (χ3v) is 4.83. The summed E-state index contributed by atoms with van der Waals surface area (Å²) in [6, 6.07) is 17.1. The van der Waals surface area contributed by atoms with E-state index in [0.717, 1.165) is 16.5 Å². The average Bonchev–Trinajstić information content (AvgIpc) is 3.09. The number of amides is 1. The highest BCUT2D eigenvalue weighted by Gasteiger charge is 2.21. The zero-order valence-corrected chi connectivity index (χ0v) is 19.9. The van der Waals surface area contributed by atoms with Gasteiger partial charge in [0.05, 0.1) is 6.61 Å². The number of benzene rings is 2. The number of carbonyl (C=O) groups excluding carboxylic acids is 2. The molecule has 0 radical (unpaired) electrons. The Kier molecular flexibility index (Phi) is 7.63. The topological polar surface area (TPSA) is 78.8 Å². The van der Waals surface area contributed by atoms with Crippen LogP contribution in [0.1, 0.15) is 50.7 Å². The molecule has 1 unspecified atom stereocenters. The smallest absolute Gasteiger partial charge is 0.407 e. The normalized spacial score (nSPS) is 12.3. The predicted octanol–water partition coefficient (Wildman–Crippen LogP) is 5.31. The quantitative estimate of drug-likeness (QED) is 0.469. The van der Waals surface area contributed by atoms with Crippen LogP contribution in [-0.4, -0.2) is 34.9 Å². The summed E-state index contributed by atoms with van der Waals surface area (Å²) in [6.07, 6.45) is -0.499. The zero-order chi connectivity index (χ0) is 24.0. The van der Waals surface area contributed by atoms with Crippen molar-refractivity contribution >= 4 is 23.0 Å². The van der Waals surface area contributed by atoms with Crippen LogP contribution in [0.3, 0.4) is 0 Å². The van der Waals surface area contributed by atoms with Gasteiger partial charge in [-0.25, -0.2) is 9.59 Å². The first-order valence-corrected chi connectivity index (χ1v) is 11.1. The van der Waals surface area contributed by atoms with Crippen molar-refractivity contribution in [1.29, 1.82) is 0 Å². The first-order chi connectivity index (χ1) is 15.7. The fourth-order valence-corrected chi connectivity index (χ4v) is 3.48. The van der Waals surface area contributed by atoms with Crippen LogP contribution >= 0.6 is 0 Å². The number of nitrogens with zero attached hydrogens (tertiary/aromatic N) is 1. The van der Waals surface area contributed by atoms with Crippen molar-refractivity contribution in [2.75, 3.05) is 6.61 Å². The maximum absolute atomic E-state index is 12.6. The molecule has 0 aliphatic carbocycles. The molecule has 176 valence electrons. The molecular weight excluding hydrogens is 420 g/mol. The van der Waals surface area contributed by atoms with Gasteiger partial charge in [-0.1, -0.05) is 30.3 Å². The van der Waals surface area contributed by atoms with Gasteiger partial charge in [0.25, 0.3) is 0 Å². The number of rotatable bonds is 8. The summed E-state index contributed by atoms with van der Waals surface area (Å²) in [5.74, 6) is 0.295. The Hall–Kier alpha value is -3.48. The molecule has 2 aromatic carbocycles. The number of aromatic nitrogens is 1. The van der Waals surface area contributed by atoms with E-state index in [1.807, 2.05) is 80.8 Å². The highest BCUT2D eigenvalue weighted by Crippen LogP contribution is 2.26. The van der Waals surface area contributed by atoms with E-state index < -0.39 is 17.7 Å². The highest BCUT2D eigenvalue weighted by molar-refractivity contribution is 5.96. The van der Waals surface area contributed by atoms with Gasteiger partial charge >= 0.3 is 12.1 Å². The van der Waals surface area contributed by atoms with Crippen molar-refractivity contribution in [2.45, 2.75) is 59.4 Å². The van der Waals surface area contributed by atoms with Crippen molar-refractivity contribution in [3.05, 3.63) is 65.9 Å². The second-order valence-electron chi connectivity index (χ2n) is 8.90. The van der Waals surface area contributed by atoms with Gasteiger partial charge < -0.3 is 24.1 Å². The number of carbonyl (C=O) groups is 2. The van der Waals surface area contributed by atoms with E-state index in [1.54, 1.807) is 13.0 Å². The Morgan fingerprint density at radius 3 is 2.45 bits per heavy atom. The van der Waals surface area contributed by atoms with Gasteiger partial charge in [-0.2, -0.15) is 0 Å². The summed E-state index contributed by atoms with van der Waals surface area (Å²) >= 11 is 0. The molecule has 3 rings (SSSR count).